The van der Waals surface area contributed by atoms with Crippen LogP contribution in [0.2, 0.25) is 15.7 Å². The molecule has 13 heteroatoms. The maximum absolute atomic E-state index is 13.6. The van der Waals surface area contributed by atoms with E-state index >= 15 is 0 Å². The van der Waals surface area contributed by atoms with E-state index in [0.717, 1.165) is 12.4 Å². The van der Waals surface area contributed by atoms with Gasteiger partial charge in [0, 0.05) is 20.2 Å². The van der Waals surface area contributed by atoms with Crippen LogP contribution in [0.1, 0.15) is 0 Å². The second kappa shape index (κ2) is 8.39. The highest BCUT2D eigenvalue weighted by Gasteiger charge is 2.15. The fraction of sp³-hybridized carbons (Fsp3) is 0.154. The van der Waals surface area contributed by atoms with Gasteiger partial charge in [-0.25, -0.2) is 23.7 Å². The zero-order valence-electron chi connectivity index (χ0n) is 13.3. The molecule has 0 aliphatic carbocycles. The molecule has 0 bridgehead atoms. The van der Waals surface area contributed by atoms with Gasteiger partial charge in [-0.3, -0.25) is 0 Å². The molecule has 0 fully saturated rings. The number of nitrogens with two attached hydrogens (primary N) is 1. The molecule has 3 aromatic heterocycles. The molecule has 3 heterocycles. The molecule has 0 aliphatic heterocycles. The Hall–Kier alpha value is -2.30. The first-order valence-corrected chi connectivity index (χ1v) is 7.87. The van der Waals surface area contributed by atoms with E-state index in [4.69, 9.17) is 40.5 Å². The third-order valence-corrected chi connectivity index (χ3v) is 3.37. The molecule has 0 atom stereocenters. The number of halogens is 5. The average Bonchev–Trinajstić information content (AvgIpc) is 2.96. The van der Waals surface area contributed by atoms with E-state index in [0.29, 0.717) is 5.82 Å². The lowest BCUT2D eigenvalue weighted by Crippen LogP contribution is -2.16. The van der Waals surface area contributed by atoms with Gasteiger partial charge in [-0.1, -0.05) is 11.6 Å². The van der Waals surface area contributed by atoms with E-state index in [1.54, 1.807) is 25.1 Å². The first-order chi connectivity index (χ1) is 12.2. The lowest BCUT2D eigenvalue weighted by atomic mass is 10.5. The lowest BCUT2D eigenvalue weighted by molar-refractivity contribution is 0.593. The lowest BCUT2D eigenvalue weighted by Gasteiger charge is -2.13. The minimum Gasteiger partial charge on any atom is -0.382 e. The molecule has 0 unspecified atom stereocenters. The Kier molecular flexibility index (Phi) is 6.46. The average molecular weight is 424 g/mol. The van der Waals surface area contributed by atoms with Crippen molar-refractivity contribution in [3.63, 3.8) is 0 Å². The van der Waals surface area contributed by atoms with Crippen molar-refractivity contribution in [2.75, 3.05) is 24.7 Å². The number of nitrogen functional groups attached to an aromatic ring is 1. The Morgan fingerprint density at radius 3 is 2.12 bits per heavy atom. The molecule has 0 saturated carbocycles. The SMILES string of the molecule is CN(C)c1cc(N)nn1-c1nc(Cl)ncc1F.Fc1cnc(Cl)nc1Cl. The minimum atomic E-state index is -0.666. The predicted molar refractivity (Wildman–Crippen MR) is 94.9 cm³/mol. The van der Waals surface area contributed by atoms with Gasteiger partial charge in [0.2, 0.25) is 10.6 Å². The second-order valence-corrected chi connectivity index (χ2v) is 5.86. The summed E-state index contributed by atoms with van der Waals surface area (Å²) >= 11 is 16.1. The van der Waals surface area contributed by atoms with E-state index in [1.807, 2.05) is 0 Å². The Morgan fingerprint density at radius 1 is 1.00 bits per heavy atom. The quantitative estimate of drug-likeness (QED) is 0.499. The van der Waals surface area contributed by atoms with Crippen LogP contribution in [0, 0.1) is 11.6 Å². The highest BCUT2D eigenvalue weighted by atomic mass is 35.5. The van der Waals surface area contributed by atoms with Crippen molar-refractivity contribution in [2.24, 2.45) is 0 Å². The third kappa shape index (κ3) is 4.87. The molecule has 0 aromatic carbocycles. The largest absolute Gasteiger partial charge is 0.382 e. The Balaban J connectivity index is 0.000000228. The van der Waals surface area contributed by atoms with Crippen LogP contribution in [0.15, 0.2) is 18.5 Å². The molecule has 3 aromatic rings. The number of hydrogen-bond acceptors (Lipinski definition) is 7. The van der Waals surface area contributed by atoms with Crippen molar-refractivity contribution in [1.29, 1.82) is 0 Å². The van der Waals surface area contributed by atoms with Crippen LogP contribution in [0.5, 0.6) is 0 Å². The third-order valence-electron chi connectivity index (χ3n) is 2.74. The summed E-state index contributed by atoms with van der Waals surface area (Å²) in [5, 5.41) is 3.60. The van der Waals surface area contributed by atoms with Crippen molar-refractivity contribution >= 4 is 46.4 Å². The molecule has 138 valence electrons. The van der Waals surface area contributed by atoms with Gasteiger partial charge in [0.15, 0.2) is 22.6 Å². The highest BCUT2D eigenvalue weighted by molar-refractivity contribution is 6.31. The summed E-state index contributed by atoms with van der Waals surface area (Å²) in [4.78, 5) is 15.7. The molecule has 0 spiro atoms. The zero-order valence-corrected chi connectivity index (χ0v) is 15.6. The van der Waals surface area contributed by atoms with Crippen LogP contribution < -0.4 is 10.6 Å². The van der Waals surface area contributed by atoms with E-state index in [-0.39, 0.29) is 27.4 Å². The maximum atomic E-state index is 13.6. The van der Waals surface area contributed by atoms with Crippen LogP contribution in [-0.2, 0) is 0 Å². The van der Waals surface area contributed by atoms with Gasteiger partial charge in [0.1, 0.15) is 11.6 Å². The molecular weight excluding hydrogens is 413 g/mol. The Labute approximate surface area is 161 Å². The van der Waals surface area contributed by atoms with Gasteiger partial charge in [-0.05, 0) is 23.2 Å². The molecule has 0 saturated heterocycles. The van der Waals surface area contributed by atoms with Crippen molar-refractivity contribution < 1.29 is 8.78 Å². The zero-order chi connectivity index (χ0) is 19.4. The van der Waals surface area contributed by atoms with Gasteiger partial charge >= 0.3 is 0 Å². The normalized spacial score (nSPS) is 10.3. The van der Waals surface area contributed by atoms with Gasteiger partial charge in [0.05, 0.1) is 12.4 Å². The molecule has 8 nitrogen and oxygen atoms in total. The fourth-order valence-corrected chi connectivity index (χ4v) is 2.11. The highest BCUT2D eigenvalue weighted by Crippen LogP contribution is 2.21. The summed E-state index contributed by atoms with van der Waals surface area (Å²) in [6, 6.07) is 1.61. The van der Waals surface area contributed by atoms with Crippen molar-refractivity contribution in [3.8, 4) is 5.82 Å². The molecule has 0 amide bonds. The smallest absolute Gasteiger partial charge is 0.224 e. The standard InChI is InChI=1S/C9H10ClFN6.C4HCl2FN2/c1-16(2)7-3-6(12)15-17(7)8-5(11)4-13-9(10)14-8;5-3-2(7)1-8-4(6)9-3/h3-4H,1-2H3,(H2,12,15);1H. The van der Waals surface area contributed by atoms with Crippen LogP contribution in [0.4, 0.5) is 20.4 Å². The van der Waals surface area contributed by atoms with Crippen molar-refractivity contribution in [3.05, 3.63) is 45.8 Å². The molecule has 2 N–H and O–H groups in total. The number of hydrogen-bond donors (Lipinski definition) is 1. The van der Waals surface area contributed by atoms with Crippen LogP contribution in [0.3, 0.4) is 0 Å². The minimum absolute atomic E-state index is 0.0367. The summed E-state index contributed by atoms with van der Waals surface area (Å²) in [5.74, 6) is -0.467. The van der Waals surface area contributed by atoms with Gasteiger partial charge in [-0.2, -0.15) is 9.67 Å². The number of rotatable bonds is 2. The molecule has 3 rings (SSSR count). The van der Waals surface area contributed by atoms with Crippen molar-refractivity contribution in [1.82, 2.24) is 29.7 Å². The van der Waals surface area contributed by atoms with Crippen LogP contribution in [-0.4, -0.2) is 43.8 Å². The summed E-state index contributed by atoms with van der Waals surface area (Å²) in [7, 11) is 3.57. The number of anilines is 2. The first-order valence-electron chi connectivity index (χ1n) is 6.74. The maximum Gasteiger partial charge on any atom is 0.224 e. The molecule has 0 aliphatic rings. The molecular formula is C13H11Cl3F2N8. The summed E-state index contributed by atoms with van der Waals surface area (Å²) in [6.07, 6.45) is 1.90. The fourth-order valence-electron chi connectivity index (χ4n) is 1.68. The van der Waals surface area contributed by atoms with Gasteiger partial charge < -0.3 is 10.6 Å². The summed E-state index contributed by atoms with van der Waals surface area (Å²) in [5.41, 5.74) is 5.59. The summed E-state index contributed by atoms with van der Waals surface area (Å²) < 4.78 is 27.1. The van der Waals surface area contributed by atoms with Crippen LogP contribution >= 0.6 is 34.8 Å². The summed E-state index contributed by atoms with van der Waals surface area (Å²) in [6.45, 7) is 0. The van der Waals surface area contributed by atoms with Crippen LogP contribution in [0.25, 0.3) is 5.82 Å². The predicted octanol–water partition coefficient (Wildman–Crippen LogP) is 3.03. The van der Waals surface area contributed by atoms with Crippen molar-refractivity contribution in [2.45, 2.75) is 0 Å². The first kappa shape index (κ1) is 20.0. The molecule has 26 heavy (non-hydrogen) atoms. The monoisotopic (exact) mass is 422 g/mol. The van der Waals surface area contributed by atoms with E-state index < -0.39 is 11.6 Å². The van der Waals surface area contributed by atoms with E-state index in [1.165, 1.54) is 4.68 Å². The van der Waals surface area contributed by atoms with Gasteiger partial charge in [-0.15, -0.1) is 5.10 Å². The second-order valence-electron chi connectivity index (χ2n) is 4.82. The Bertz CT molecular complexity index is 918. The number of nitrogens with zero attached hydrogens (tertiary/aromatic N) is 7. The Morgan fingerprint density at radius 2 is 1.58 bits per heavy atom. The topological polar surface area (TPSA) is 98.6 Å². The van der Waals surface area contributed by atoms with Gasteiger partial charge in [0.25, 0.3) is 0 Å². The van der Waals surface area contributed by atoms with E-state index in [2.05, 4.69) is 25.0 Å². The number of aromatic nitrogens is 6. The molecule has 0 radical (unpaired) electrons. The van der Waals surface area contributed by atoms with E-state index in [9.17, 15) is 8.78 Å².